The van der Waals surface area contributed by atoms with Gasteiger partial charge in [-0.15, -0.1) is 0 Å². The topological polar surface area (TPSA) is 41.5 Å². The molecule has 1 rings (SSSR count). The average molecular weight is 351 g/mol. The SMILES string of the molecule is CCCCCC/C=C/CCCCC1N=CC[N+]1(CC)C(C)NC(C)=O. The number of nitrogens with zero attached hydrogens (tertiary/aromatic N) is 2. The number of carbonyl (C=O) groups is 1. The van der Waals surface area contributed by atoms with Crippen molar-refractivity contribution in [3.8, 4) is 0 Å². The Morgan fingerprint density at radius 1 is 1.20 bits per heavy atom. The highest BCUT2D eigenvalue weighted by Crippen LogP contribution is 2.26. The zero-order chi connectivity index (χ0) is 18.5. The second kappa shape index (κ2) is 12.2. The fourth-order valence-corrected chi connectivity index (χ4v) is 3.87. The van der Waals surface area contributed by atoms with E-state index in [0.29, 0.717) is 6.17 Å². The molecule has 1 N–H and O–H groups in total. The first-order valence-electron chi connectivity index (χ1n) is 10.4. The first-order chi connectivity index (χ1) is 12.1. The molecule has 3 atom stereocenters. The molecule has 4 nitrogen and oxygen atoms in total. The van der Waals surface area contributed by atoms with Gasteiger partial charge in [-0.1, -0.05) is 38.3 Å². The number of amides is 1. The monoisotopic (exact) mass is 350 g/mol. The summed E-state index contributed by atoms with van der Waals surface area (Å²) >= 11 is 0. The number of quaternary nitrogens is 1. The summed E-state index contributed by atoms with van der Waals surface area (Å²) in [5.74, 6) is 0.0492. The highest BCUT2D eigenvalue weighted by molar-refractivity contribution is 5.73. The Morgan fingerprint density at radius 2 is 1.88 bits per heavy atom. The predicted octanol–water partition coefficient (Wildman–Crippen LogP) is 4.80. The predicted molar refractivity (Wildman–Crippen MR) is 108 cm³/mol. The van der Waals surface area contributed by atoms with Crippen molar-refractivity contribution in [2.45, 2.75) is 97.8 Å². The maximum Gasteiger partial charge on any atom is 0.221 e. The van der Waals surface area contributed by atoms with Crippen molar-refractivity contribution in [1.82, 2.24) is 5.32 Å². The van der Waals surface area contributed by atoms with Crippen LogP contribution in [0, 0.1) is 0 Å². The van der Waals surface area contributed by atoms with Gasteiger partial charge in [0.2, 0.25) is 5.91 Å². The summed E-state index contributed by atoms with van der Waals surface area (Å²) in [5, 5.41) is 3.09. The van der Waals surface area contributed by atoms with E-state index in [0.717, 1.165) is 24.0 Å². The van der Waals surface area contributed by atoms with Crippen LogP contribution in [0.5, 0.6) is 0 Å². The van der Waals surface area contributed by atoms with Gasteiger partial charge in [-0.2, -0.15) is 0 Å². The first kappa shape index (κ1) is 21.9. The van der Waals surface area contributed by atoms with E-state index in [-0.39, 0.29) is 12.1 Å². The molecule has 25 heavy (non-hydrogen) atoms. The third-order valence-corrected chi connectivity index (χ3v) is 5.54. The van der Waals surface area contributed by atoms with E-state index in [1.54, 1.807) is 6.92 Å². The lowest BCUT2D eigenvalue weighted by molar-refractivity contribution is -0.959. The van der Waals surface area contributed by atoms with Gasteiger partial charge in [-0.3, -0.25) is 9.28 Å². The Morgan fingerprint density at radius 3 is 2.48 bits per heavy atom. The van der Waals surface area contributed by atoms with Crippen molar-refractivity contribution in [1.29, 1.82) is 0 Å². The second-order valence-electron chi connectivity index (χ2n) is 7.40. The zero-order valence-electron chi connectivity index (χ0n) is 17.0. The van der Waals surface area contributed by atoms with Crippen LogP contribution in [0.25, 0.3) is 0 Å². The lowest BCUT2D eigenvalue weighted by Gasteiger charge is -2.42. The molecule has 0 bridgehead atoms. The highest BCUT2D eigenvalue weighted by atomic mass is 16.1. The molecular formula is C21H40N3O+. The Bertz CT molecular complexity index is 433. The van der Waals surface area contributed by atoms with Crippen LogP contribution in [0.4, 0.5) is 0 Å². The van der Waals surface area contributed by atoms with Crippen LogP contribution in [-0.4, -0.2) is 42.0 Å². The maximum atomic E-state index is 11.4. The highest BCUT2D eigenvalue weighted by Gasteiger charge is 2.42. The lowest BCUT2D eigenvalue weighted by Crippen LogP contribution is -2.63. The van der Waals surface area contributed by atoms with E-state index < -0.39 is 0 Å². The molecular weight excluding hydrogens is 310 g/mol. The molecule has 4 heteroatoms. The Labute approximate surface area is 155 Å². The number of hydrogen-bond acceptors (Lipinski definition) is 2. The van der Waals surface area contributed by atoms with Crippen LogP contribution < -0.4 is 5.32 Å². The van der Waals surface area contributed by atoms with Crippen molar-refractivity contribution >= 4 is 12.1 Å². The molecule has 1 aliphatic heterocycles. The molecule has 0 spiro atoms. The number of rotatable bonds is 13. The molecule has 0 aromatic rings. The normalized spacial score (nSPS) is 24.1. The summed E-state index contributed by atoms with van der Waals surface area (Å²) in [4.78, 5) is 16.2. The van der Waals surface area contributed by atoms with Crippen molar-refractivity contribution in [2.24, 2.45) is 4.99 Å². The molecule has 0 saturated carbocycles. The Hall–Kier alpha value is -1.16. The van der Waals surface area contributed by atoms with Crippen LogP contribution in [0.3, 0.4) is 0 Å². The van der Waals surface area contributed by atoms with E-state index >= 15 is 0 Å². The molecule has 0 aromatic heterocycles. The first-order valence-corrected chi connectivity index (χ1v) is 10.4. The van der Waals surface area contributed by atoms with Crippen LogP contribution >= 0.6 is 0 Å². The third kappa shape index (κ3) is 7.31. The van der Waals surface area contributed by atoms with Gasteiger partial charge in [0.1, 0.15) is 6.54 Å². The minimum absolute atomic E-state index is 0.0492. The fourth-order valence-electron chi connectivity index (χ4n) is 3.87. The molecule has 0 aliphatic carbocycles. The number of carbonyl (C=O) groups excluding carboxylic acids is 1. The van der Waals surface area contributed by atoms with Crippen molar-refractivity contribution < 1.29 is 9.28 Å². The van der Waals surface area contributed by atoms with E-state index in [4.69, 9.17) is 4.99 Å². The molecule has 3 unspecified atom stereocenters. The summed E-state index contributed by atoms with van der Waals surface area (Å²) in [6.45, 7) is 10.1. The number of aliphatic imine (C=N–C) groups is 1. The maximum absolute atomic E-state index is 11.4. The smallest absolute Gasteiger partial charge is 0.221 e. The van der Waals surface area contributed by atoms with Crippen LogP contribution in [0.2, 0.25) is 0 Å². The number of unbranched alkanes of at least 4 members (excludes halogenated alkanes) is 6. The van der Waals surface area contributed by atoms with E-state index in [1.807, 2.05) is 0 Å². The van der Waals surface area contributed by atoms with E-state index in [9.17, 15) is 4.79 Å². The third-order valence-electron chi connectivity index (χ3n) is 5.54. The minimum Gasteiger partial charge on any atom is -0.307 e. The molecule has 0 radical (unpaired) electrons. The average Bonchev–Trinajstić information content (AvgIpc) is 3.00. The van der Waals surface area contributed by atoms with Gasteiger partial charge in [0.25, 0.3) is 0 Å². The molecule has 1 aliphatic rings. The summed E-state index contributed by atoms with van der Waals surface area (Å²) in [6, 6.07) is 0. The van der Waals surface area contributed by atoms with Gasteiger partial charge in [-0.25, -0.2) is 4.99 Å². The zero-order valence-corrected chi connectivity index (χ0v) is 17.0. The largest absolute Gasteiger partial charge is 0.307 e. The Balaban J connectivity index is 2.29. The second-order valence-corrected chi connectivity index (χ2v) is 7.40. The van der Waals surface area contributed by atoms with Crippen LogP contribution in [0.1, 0.15) is 85.5 Å². The van der Waals surface area contributed by atoms with Crippen molar-refractivity contribution in [2.75, 3.05) is 13.1 Å². The molecule has 1 heterocycles. The molecule has 0 saturated heterocycles. The van der Waals surface area contributed by atoms with Crippen molar-refractivity contribution in [3.63, 3.8) is 0 Å². The molecule has 0 fully saturated rings. The quantitative estimate of drug-likeness (QED) is 0.289. The van der Waals surface area contributed by atoms with Gasteiger partial charge >= 0.3 is 0 Å². The standard InChI is InChI=1S/C21H39N3O/c1-5-7-8-9-10-11-12-13-14-15-16-21-22-17-18-24(21,6-2)19(3)23-20(4)25/h11-12,17,19,21H,5-10,13-16,18H2,1-4H3/p+1/b12-11+. The number of nitrogens with one attached hydrogen (secondary N) is 1. The number of hydrogen-bond donors (Lipinski definition) is 1. The van der Waals surface area contributed by atoms with Gasteiger partial charge < -0.3 is 5.32 Å². The van der Waals surface area contributed by atoms with Crippen LogP contribution in [0.15, 0.2) is 17.1 Å². The van der Waals surface area contributed by atoms with Gasteiger partial charge in [0.15, 0.2) is 12.3 Å². The summed E-state index contributed by atoms with van der Waals surface area (Å²) in [6.07, 6.45) is 18.5. The summed E-state index contributed by atoms with van der Waals surface area (Å²) in [7, 11) is 0. The van der Waals surface area contributed by atoms with Gasteiger partial charge in [0.05, 0.1) is 12.8 Å². The van der Waals surface area contributed by atoms with Crippen molar-refractivity contribution in [3.05, 3.63) is 12.2 Å². The Kier molecular flexibility index (Phi) is 10.7. The fraction of sp³-hybridized carbons (Fsp3) is 0.810. The summed E-state index contributed by atoms with van der Waals surface area (Å²) in [5.41, 5.74) is 0. The van der Waals surface area contributed by atoms with Gasteiger partial charge in [0, 0.05) is 20.3 Å². The van der Waals surface area contributed by atoms with E-state index in [2.05, 4.69) is 44.5 Å². The minimum atomic E-state index is 0.0492. The van der Waals surface area contributed by atoms with Gasteiger partial charge in [-0.05, 0) is 39.0 Å². The molecule has 144 valence electrons. The lowest BCUT2D eigenvalue weighted by atomic mass is 10.1. The van der Waals surface area contributed by atoms with E-state index in [1.165, 1.54) is 51.4 Å². The van der Waals surface area contributed by atoms with Crippen LogP contribution in [-0.2, 0) is 4.79 Å². The summed E-state index contributed by atoms with van der Waals surface area (Å²) < 4.78 is 0.868. The number of allylic oxidation sites excluding steroid dienone is 2. The molecule has 1 amide bonds. The molecule has 0 aromatic carbocycles.